The minimum absolute atomic E-state index is 0.00655. The standard InChI is InChI=1S/C28H26ClN3O5S2/c1-20-7-6-8-24(17-20)31-38(34,35)25-14-12-23(13-15-25)30-28(33)19-32(27-16-11-22(29)18-21(27)2)39(36,37)26-9-4-3-5-10-26/h3-18,31H,19H2,1-2H3,(H,30,33). The number of carbonyl (C=O) groups excluding carboxylic acids is 1. The monoisotopic (exact) mass is 583 g/mol. The van der Waals surface area contributed by atoms with Gasteiger partial charge in [0.2, 0.25) is 5.91 Å². The van der Waals surface area contributed by atoms with Crippen LogP contribution in [0, 0.1) is 13.8 Å². The van der Waals surface area contributed by atoms with Gasteiger partial charge in [0.15, 0.2) is 0 Å². The summed E-state index contributed by atoms with van der Waals surface area (Å²) in [5, 5.41) is 3.08. The third-order valence-corrected chi connectivity index (χ3v) is 9.17. The van der Waals surface area contributed by atoms with Gasteiger partial charge < -0.3 is 5.32 Å². The Hall–Kier alpha value is -3.86. The first kappa shape index (κ1) is 28.2. The van der Waals surface area contributed by atoms with Gasteiger partial charge in [-0.05, 0) is 91.7 Å². The number of hydrogen-bond acceptors (Lipinski definition) is 5. The van der Waals surface area contributed by atoms with Crippen molar-refractivity contribution in [3.05, 3.63) is 113 Å². The number of nitrogens with zero attached hydrogens (tertiary/aromatic N) is 1. The molecule has 0 spiro atoms. The second-order valence-electron chi connectivity index (χ2n) is 8.80. The molecular weight excluding hydrogens is 558 g/mol. The molecule has 202 valence electrons. The predicted molar refractivity (Wildman–Crippen MR) is 154 cm³/mol. The number of sulfonamides is 2. The molecule has 0 radical (unpaired) electrons. The van der Waals surface area contributed by atoms with Gasteiger partial charge >= 0.3 is 0 Å². The molecular formula is C28H26ClN3O5S2. The summed E-state index contributed by atoms with van der Waals surface area (Å²) in [4.78, 5) is 13.1. The third-order valence-electron chi connectivity index (χ3n) is 5.76. The van der Waals surface area contributed by atoms with E-state index in [-0.39, 0.29) is 9.79 Å². The van der Waals surface area contributed by atoms with Gasteiger partial charge in [0.1, 0.15) is 6.54 Å². The van der Waals surface area contributed by atoms with E-state index >= 15 is 0 Å². The van der Waals surface area contributed by atoms with Crippen molar-refractivity contribution in [1.82, 2.24) is 0 Å². The highest BCUT2D eigenvalue weighted by molar-refractivity contribution is 7.93. The van der Waals surface area contributed by atoms with E-state index in [1.165, 1.54) is 36.4 Å². The third kappa shape index (κ3) is 6.78. The van der Waals surface area contributed by atoms with Crippen LogP contribution in [0.2, 0.25) is 5.02 Å². The van der Waals surface area contributed by atoms with Gasteiger partial charge in [0, 0.05) is 16.4 Å². The lowest BCUT2D eigenvalue weighted by molar-refractivity contribution is -0.114. The van der Waals surface area contributed by atoms with Gasteiger partial charge in [-0.25, -0.2) is 16.8 Å². The SMILES string of the molecule is Cc1cccc(NS(=O)(=O)c2ccc(NC(=O)CN(c3ccc(Cl)cc3C)S(=O)(=O)c3ccccc3)cc2)c1. The zero-order chi connectivity index (χ0) is 28.2. The Morgan fingerprint density at radius 1 is 0.769 bits per heavy atom. The second-order valence-corrected chi connectivity index (χ2v) is 12.8. The van der Waals surface area contributed by atoms with E-state index in [0.29, 0.717) is 27.6 Å². The normalized spacial score (nSPS) is 11.6. The summed E-state index contributed by atoms with van der Waals surface area (Å²) in [5.74, 6) is -0.614. The Morgan fingerprint density at radius 3 is 2.10 bits per heavy atom. The number of amides is 1. The van der Waals surface area contributed by atoms with Crippen molar-refractivity contribution in [2.45, 2.75) is 23.6 Å². The topological polar surface area (TPSA) is 113 Å². The highest BCUT2D eigenvalue weighted by Gasteiger charge is 2.28. The van der Waals surface area contributed by atoms with Crippen LogP contribution >= 0.6 is 11.6 Å². The van der Waals surface area contributed by atoms with Gasteiger partial charge in [0.25, 0.3) is 20.0 Å². The van der Waals surface area contributed by atoms with Crippen molar-refractivity contribution in [3.63, 3.8) is 0 Å². The van der Waals surface area contributed by atoms with Crippen molar-refractivity contribution in [3.8, 4) is 0 Å². The molecule has 0 bridgehead atoms. The first-order valence-corrected chi connectivity index (χ1v) is 15.1. The minimum Gasteiger partial charge on any atom is -0.325 e. The first-order chi connectivity index (χ1) is 18.5. The van der Waals surface area contributed by atoms with E-state index in [1.54, 1.807) is 61.5 Å². The van der Waals surface area contributed by atoms with Gasteiger partial charge in [-0.2, -0.15) is 0 Å². The largest absolute Gasteiger partial charge is 0.325 e. The van der Waals surface area contributed by atoms with Crippen LogP contribution in [-0.4, -0.2) is 29.3 Å². The molecule has 0 saturated heterocycles. The smallest absolute Gasteiger partial charge is 0.264 e. The Bertz CT molecular complexity index is 1710. The average molecular weight is 584 g/mol. The number of hydrogen-bond donors (Lipinski definition) is 2. The lowest BCUT2D eigenvalue weighted by Crippen LogP contribution is -2.38. The van der Waals surface area contributed by atoms with E-state index in [0.717, 1.165) is 9.87 Å². The summed E-state index contributed by atoms with van der Waals surface area (Å²) < 4.78 is 56.1. The van der Waals surface area contributed by atoms with Crippen LogP contribution in [-0.2, 0) is 24.8 Å². The van der Waals surface area contributed by atoms with E-state index in [1.807, 2.05) is 13.0 Å². The Morgan fingerprint density at radius 2 is 1.46 bits per heavy atom. The fourth-order valence-corrected chi connectivity index (χ4v) is 6.67. The van der Waals surface area contributed by atoms with Gasteiger partial charge in [0.05, 0.1) is 15.5 Å². The van der Waals surface area contributed by atoms with Gasteiger partial charge in [-0.1, -0.05) is 41.9 Å². The van der Waals surface area contributed by atoms with Crippen LogP contribution in [0.15, 0.2) is 107 Å². The molecule has 4 aromatic rings. The molecule has 39 heavy (non-hydrogen) atoms. The Balaban J connectivity index is 1.55. The van der Waals surface area contributed by atoms with Crippen molar-refractivity contribution in [2.24, 2.45) is 0 Å². The number of halogens is 1. The number of carbonyl (C=O) groups is 1. The number of benzene rings is 4. The molecule has 0 fully saturated rings. The maximum absolute atomic E-state index is 13.5. The molecule has 0 saturated carbocycles. The van der Waals surface area contributed by atoms with E-state index < -0.39 is 32.5 Å². The maximum Gasteiger partial charge on any atom is 0.264 e. The summed E-state index contributed by atoms with van der Waals surface area (Å²) in [6, 6.07) is 25.1. The van der Waals surface area contributed by atoms with Crippen LogP contribution in [0.5, 0.6) is 0 Å². The molecule has 11 heteroatoms. The Labute approximate surface area is 233 Å². The van der Waals surface area contributed by atoms with E-state index in [4.69, 9.17) is 11.6 Å². The lowest BCUT2D eigenvalue weighted by Gasteiger charge is -2.25. The van der Waals surface area contributed by atoms with Crippen molar-refractivity contribution in [1.29, 1.82) is 0 Å². The molecule has 0 aliphatic heterocycles. The molecule has 4 rings (SSSR count). The molecule has 0 aliphatic rings. The molecule has 0 aromatic heterocycles. The lowest BCUT2D eigenvalue weighted by atomic mass is 10.2. The highest BCUT2D eigenvalue weighted by atomic mass is 35.5. The molecule has 2 N–H and O–H groups in total. The summed E-state index contributed by atoms with van der Waals surface area (Å²) in [5.41, 5.74) is 2.53. The molecule has 0 unspecified atom stereocenters. The summed E-state index contributed by atoms with van der Waals surface area (Å²) in [6.07, 6.45) is 0. The molecule has 0 aliphatic carbocycles. The zero-order valence-electron chi connectivity index (χ0n) is 21.1. The van der Waals surface area contributed by atoms with Crippen LogP contribution < -0.4 is 14.3 Å². The minimum atomic E-state index is -4.09. The first-order valence-electron chi connectivity index (χ1n) is 11.8. The van der Waals surface area contributed by atoms with Gasteiger partial charge in [-0.15, -0.1) is 0 Å². The highest BCUT2D eigenvalue weighted by Crippen LogP contribution is 2.29. The average Bonchev–Trinajstić information content (AvgIpc) is 2.88. The van der Waals surface area contributed by atoms with E-state index in [2.05, 4.69) is 10.0 Å². The van der Waals surface area contributed by atoms with Crippen molar-refractivity contribution in [2.75, 3.05) is 20.9 Å². The van der Waals surface area contributed by atoms with Crippen LogP contribution in [0.3, 0.4) is 0 Å². The predicted octanol–water partition coefficient (Wildman–Crippen LogP) is 5.59. The fraction of sp³-hybridized carbons (Fsp3) is 0.107. The summed E-state index contributed by atoms with van der Waals surface area (Å²) >= 11 is 6.07. The number of anilines is 3. The summed E-state index contributed by atoms with van der Waals surface area (Å²) in [6.45, 7) is 3.04. The fourth-order valence-electron chi connectivity index (χ4n) is 3.89. The quantitative estimate of drug-likeness (QED) is 0.267. The van der Waals surface area contributed by atoms with Gasteiger partial charge in [-0.3, -0.25) is 13.8 Å². The van der Waals surface area contributed by atoms with E-state index in [9.17, 15) is 21.6 Å². The number of aryl methyl sites for hydroxylation is 2. The number of rotatable bonds is 9. The zero-order valence-corrected chi connectivity index (χ0v) is 23.5. The second kappa shape index (κ2) is 11.5. The summed E-state index contributed by atoms with van der Waals surface area (Å²) in [7, 11) is -7.94. The molecule has 0 atom stereocenters. The molecule has 4 aromatic carbocycles. The maximum atomic E-state index is 13.5. The molecule has 8 nitrogen and oxygen atoms in total. The van der Waals surface area contributed by atoms with Crippen molar-refractivity contribution < 1.29 is 21.6 Å². The van der Waals surface area contributed by atoms with Crippen LogP contribution in [0.25, 0.3) is 0 Å². The van der Waals surface area contributed by atoms with Crippen LogP contribution in [0.1, 0.15) is 11.1 Å². The van der Waals surface area contributed by atoms with Crippen LogP contribution in [0.4, 0.5) is 17.1 Å². The molecule has 1 amide bonds. The van der Waals surface area contributed by atoms with Crippen molar-refractivity contribution >= 4 is 54.6 Å². The Kier molecular flexibility index (Phi) is 8.29. The number of nitrogens with one attached hydrogen (secondary N) is 2. The molecule has 0 heterocycles.